The Morgan fingerprint density at radius 2 is 1.84 bits per heavy atom. The van der Waals surface area contributed by atoms with Gasteiger partial charge in [0.05, 0.1) is 15.2 Å². The lowest BCUT2D eigenvalue weighted by Gasteiger charge is -2.07. The van der Waals surface area contributed by atoms with Crippen LogP contribution >= 0.6 is 11.3 Å². The highest BCUT2D eigenvalue weighted by Gasteiger charge is 2.31. The van der Waals surface area contributed by atoms with Crippen molar-refractivity contribution in [3.05, 3.63) is 23.2 Å². The number of benzene rings is 1. The number of ether oxygens (including phenoxy) is 1. The zero-order valence-electron chi connectivity index (χ0n) is 11.2. The zero-order valence-corrected chi connectivity index (χ0v) is 12.0. The number of aromatic nitrogens is 1. The minimum Gasteiger partial charge on any atom is -0.406 e. The third-order valence-electron chi connectivity index (χ3n) is 2.10. The van der Waals surface area contributed by atoms with Crippen molar-refractivity contribution in [2.75, 3.05) is 0 Å². The van der Waals surface area contributed by atoms with Gasteiger partial charge in [-0.2, -0.15) is 0 Å². The van der Waals surface area contributed by atoms with E-state index in [-0.39, 0.29) is 11.7 Å². The first kappa shape index (κ1) is 15.8. The molecule has 0 atom stereocenters. The van der Waals surface area contributed by atoms with Crippen molar-refractivity contribution in [1.82, 2.24) is 4.98 Å². The molecule has 1 heterocycles. The fourth-order valence-electron chi connectivity index (χ4n) is 1.37. The average Bonchev–Trinajstić information content (AvgIpc) is 2.72. The second-order valence-corrected chi connectivity index (χ2v) is 4.95. The lowest BCUT2D eigenvalue weighted by molar-refractivity contribution is -0.274. The highest BCUT2D eigenvalue weighted by atomic mass is 32.1. The highest BCUT2D eigenvalue weighted by Crippen LogP contribution is 2.31. The van der Waals surface area contributed by atoms with E-state index in [1.165, 1.54) is 23.5 Å². The number of alkyl halides is 3. The molecule has 0 amide bonds. The Morgan fingerprint density at radius 1 is 1.21 bits per heavy atom. The normalized spacial score (nSPS) is 11.4. The molecule has 6 heteroatoms. The summed E-state index contributed by atoms with van der Waals surface area (Å²) in [5.41, 5.74) is 0.702. The van der Waals surface area contributed by atoms with Gasteiger partial charge in [-0.25, -0.2) is 4.98 Å². The van der Waals surface area contributed by atoms with E-state index < -0.39 is 6.36 Å². The van der Waals surface area contributed by atoms with E-state index in [0.29, 0.717) is 10.2 Å². The Balaban J connectivity index is 0.000000861. The second kappa shape index (κ2) is 6.23. The molecule has 0 spiro atoms. The molecular weight excluding hydrogens is 275 g/mol. The molecule has 0 radical (unpaired) electrons. The van der Waals surface area contributed by atoms with Crippen LogP contribution in [0.3, 0.4) is 0 Å². The summed E-state index contributed by atoms with van der Waals surface area (Å²) in [5.74, 6) is 0.0586. The SMILES string of the molecule is CC.CC(C)c1nc2ccc(OC(F)(F)F)cc2s1. The number of halogens is 3. The van der Waals surface area contributed by atoms with E-state index >= 15 is 0 Å². The topological polar surface area (TPSA) is 22.1 Å². The minimum atomic E-state index is -4.65. The predicted octanol–water partition coefficient (Wildman–Crippen LogP) is 5.34. The van der Waals surface area contributed by atoms with E-state index in [0.717, 1.165) is 5.01 Å². The number of fused-ring (bicyclic) bond motifs is 1. The molecule has 106 valence electrons. The number of rotatable bonds is 2. The van der Waals surface area contributed by atoms with Crippen molar-refractivity contribution in [2.45, 2.75) is 40.0 Å². The molecule has 0 N–H and O–H groups in total. The first-order valence-electron chi connectivity index (χ1n) is 6.01. The minimum absolute atomic E-state index is 0.205. The maximum atomic E-state index is 12.0. The van der Waals surface area contributed by atoms with Crippen molar-refractivity contribution in [3.63, 3.8) is 0 Å². The van der Waals surface area contributed by atoms with E-state index in [2.05, 4.69) is 9.72 Å². The number of hydrogen-bond donors (Lipinski definition) is 0. The first-order chi connectivity index (χ1) is 8.85. The third-order valence-corrected chi connectivity index (χ3v) is 3.42. The Labute approximate surface area is 114 Å². The van der Waals surface area contributed by atoms with Gasteiger partial charge in [0.15, 0.2) is 0 Å². The number of nitrogens with zero attached hydrogens (tertiary/aromatic N) is 1. The number of hydrogen-bond acceptors (Lipinski definition) is 3. The summed E-state index contributed by atoms with van der Waals surface area (Å²) in [5, 5.41) is 0.907. The summed E-state index contributed by atoms with van der Waals surface area (Å²) < 4.78 is 40.7. The Morgan fingerprint density at radius 3 is 2.37 bits per heavy atom. The molecule has 0 fully saturated rings. The smallest absolute Gasteiger partial charge is 0.406 e. The Kier molecular flexibility index (Phi) is 5.17. The van der Waals surface area contributed by atoms with Gasteiger partial charge in [0.1, 0.15) is 5.75 Å². The summed E-state index contributed by atoms with van der Waals surface area (Å²) in [7, 11) is 0. The maximum Gasteiger partial charge on any atom is 0.573 e. The molecule has 1 aromatic heterocycles. The van der Waals surface area contributed by atoms with Crippen LogP contribution in [0.15, 0.2) is 18.2 Å². The first-order valence-corrected chi connectivity index (χ1v) is 6.83. The van der Waals surface area contributed by atoms with E-state index in [4.69, 9.17) is 0 Å². The average molecular weight is 291 g/mol. The molecule has 0 aliphatic rings. The van der Waals surface area contributed by atoms with Crippen molar-refractivity contribution >= 4 is 21.6 Å². The van der Waals surface area contributed by atoms with Crippen LogP contribution in [0.2, 0.25) is 0 Å². The van der Waals surface area contributed by atoms with Gasteiger partial charge >= 0.3 is 6.36 Å². The van der Waals surface area contributed by atoms with Crippen LogP contribution in [-0.4, -0.2) is 11.3 Å². The molecule has 1 aromatic carbocycles. The standard InChI is InChI=1S/C11H10F3NOS.C2H6/c1-6(2)10-15-8-4-3-7(5-9(8)17-10)16-11(12,13)14;1-2/h3-6H,1-2H3;1-2H3. The molecule has 0 aliphatic heterocycles. The Hall–Kier alpha value is -1.30. The molecule has 0 aliphatic carbocycles. The summed E-state index contributed by atoms with van der Waals surface area (Å²) in [6, 6.07) is 4.19. The van der Waals surface area contributed by atoms with Gasteiger partial charge in [-0.15, -0.1) is 24.5 Å². The monoisotopic (exact) mass is 291 g/mol. The quantitative estimate of drug-likeness (QED) is 0.744. The van der Waals surface area contributed by atoms with Crippen molar-refractivity contribution in [2.24, 2.45) is 0 Å². The lowest BCUT2D eigenvalue weighted by atomic mass is 10.2. The van der Waals surface area contributed by atoms with Crippen LogP contribution in [0.4, 0.5) is 13.2 Å². The molecule has 2 nitrogen and oxygen atoms in total. The largest absolute Gasteiger partial charge is 0.573 e. The van der Waals surface area contributed by atoms with Crippen LogP contribution in [0.1, 0.15) is 38.6 Å². The fraction of sp³-hybridized carbons (Fsp3) is 0.462. The van der Waals surface area contributed by atoms with Gasteiger partial charge in [0.2, 0.25) is 0 Å². The molecular formula is C13H16F3NOS. The van der Waals surface area contributed by atoms with Gasteiger partial charge in [0.25, 0.3) is 0 Å². The van der Waals surface area contributed by atoms with Crippen molar-refractivity contribution in [1.29, 1.82) is 0 Å². The zero-order chi connectivity index (χ0) is 14.6. The maximum absolute atomic E-state index is 12.0. The molecule has 0 unspecified atom stereocenters. The summed E-state index contributed by atoms with van der Waals surface area (Å²) in [4.78, 5) is 4.33. The van der Waals surface area contributed by atoms with Crippen LogP contribution in [0.5, 0.6) is 5.75 Å². The van der Waals surface area contributed by atoms with Crippen molar-refractivity contribution in [3.8, 4) is 5.75 Å². The van der Waals surface area contributed by atoms with Gasteiger partial charge < -0.3 is 4.74 Å². The van der Waals surface area contributed by atoms with Gasteiger partial charge in [0, 0.05) is 5.92 Å². The second-order valence-electron chi connectivity index (χ2n) is 3.88. The van der Waals surface area contributed by atoms with Crippen molar-refractivity contribution < 1.29 is 17.9 Å². The van der Waals surface area contributed by atoms with E-state index in [9.17, 15) is 13.2 Å². The van der Waals surface area contributed by atoms with Gasteiger partial charge in [-0.05, 0) is 18.2 Å². The highest BCUT2D eigenvalue weighted by molar-refractivity contribution is 7.18. The molecule has 2 aromatic rings. The summed E-state index contributed by atoms with van der Waals surface area (Å²) in [6.07, 6.45) is -4.65. The van der Waals surface area contributed by atoms with E-state index in [1.54, 1.807) is 6.07 Å². The van der Waals surface area contributed by atoms with Crippen LogP contribution in [-0.2, 0) is 0 Å². The van der Waals surface area contributed by atoms with Crippen LogP contribution in [0, 0.1) is 0 Å². The molecule has 0 saturated heterocycles. The van der Waals surface area contributed by atoms with Crippen LogP contribution in [0.25, 0.3) is 10.2 Å². The number of thiazole rings is 1. The van der Waals surface area contributed by atoms with Gasteiger partial charge in [-0.3, -0.25) is 0 Å². The molecule has 19 heavy (non-hydrogen) atoms. The Bertz CT molecular complexity index is 534. The molecule has 0 bridgehead atoms. The third kappa shape index (κ3) is 4.38. The summed E-state index contributed by atoms with van der Waals surface area (Å²) in [6.45, 7) is 7.98. The van der Waals surface area contributed by atoms with E-state index in [1.807, 2.05) is 27.7 Å². The van der Waals surface area contributed by atoms with Gasteiger partial charge in [-0.1, -0.05) is 27.7 Å². The summed E-state index contributed by atoms with van der Waals surface area (Å²) >= 11 is 1.39. The molecule has 0 saturated carbocycles. The molecule has 2 rings (SSSR count). The lowest BCUT2D eigenvalue weighted by Crippen LogP contribution is -2.16. The van der Waals surface area contributed by atoms with Crippen LogP contribution < -0.4 is 4.74 Å². The fourth-order valence-corrected chi connectivity index (χ4v) is 2.37. The predicted molar refractivity (Wildman–Crippen MR) is 71.7 cm³/mol.